The van der Waals surface area contributed by atoms with Crippen molar-refractivity contribution in [2.45, 2.75) is 59.5 Å². The maximum Gasteiger partial charge on any atom is 0.243 e. The second kappa shape index (κ2) is 16.3. The van der Waals surface area contributed by atoms with Crippen molar-refractivity contribution in [2.24, 2.45) is 5.92 Å². The largest absolute Gasteiger partial charge is 0.490 e. The quantitative estimate of drug-likeness (QED) is 0.202. The van der Waals surface area contributed by atoms with E-state index < -0.39 is 6.04 Å². The van der Waals surface area contributed by atoms with E-state index in [9.17, 15) is 9.59 Å². The van der Waals surface area contributed by atoms with Crippen LogP contribution in [0.3, 0.4) is 0 Å². The fourth-order valence-corrected chi connectivity index (χ4v) is 4.78. The van der Waals surface area contributed by atoms with E-state index in [1.807, 2.05) is 82.3 Å². The second-order valence-corrected chi connectivity index (χ2v) is 11.1. The third-order valence-corrected chi connectivity index (χ3v) is 7.27. The molecular weight excluding hydrogens is 559 g/mol. The lowest BCUT2D eigenvalue weighted by Gasteiger charge is -2.32. The van der Waals surface area contributed by atoms with Gasteiger partial charge in [-0.25, -0.2) is 0 Å². The van der Waals surface area contributed by atoms with Crippen molar-refractivity contribution in [1.82, 2.24) is 10.2 Å². The number of amides is 2. The van der Waals surface area contributed by atoms with Gasteiger partial charge in [-0.05, 0) is 67.1 Å². The molecule has 0 spiro atoms. The normalized spacial score (nSPS) is 11.7. The molecule has 0 aliphatic rings. The molecule has 3 rings (SSSR count). The number of nitrogens with one attached hydrogen (secondary N) is 1. The van der Waals surface area contributed by atoms with Gasteiger partial charge in [0.05, 0.1) is 23.3 Å². The Morgan fingerprint density at radius 1 is 0.829 bits per heavy atom. The Hall–Kier alpha value is -3.22. The summed E-state index contributed by atoms with van der Waals surface area (Å²) in [5.74, 6) is 1.28. The van der Waals surface area contributed by atoms with E-state index in [-0.39, 0.29) is 30.7 Å². The van der Waals surface area contributed by atoms with Gasteiger partial charge in [0, 0.05) is 25.9 Å². The first-order chi connectivity index (χ1) is 19.7. The van der Waals surface area contributed by atoms with Gasteiger partial charge in [-0.1, -0.05) is 79.5 Å². The Morgan fingerprint density at radius 2 is 1.51 bits per heavy atom. The first-order valence-electron chi connectivity index (χ1n) is 14.1. The van der Waals surface area contributed by atoms with Crippen LogP contribution in [0, 0.1) is 5.92 Å². The van der Waals surface area contributed by atoms with Crippen molar-refractivity contribution in [3.8, 4) is 11.5 Å². The third kappa shape index (κ3) is 9.98. The average Bonchev–Trinajstić information content (AvgIpc) is 2.96. The van der Waals surface area contributed by atoms with Gasteiger partial charge in [0.25, 0.3) is 0 Å². The van der Waals surface area contributed by atoms with Crippen LogP contribution in [0.15, 0.2) is 66.7 Å². The van der Waals surface area contributed by atoms with E-state index in [2.05, 4.69) is 5.32 Å². The molecule has 0 bridgehead atoms. The summed E-state index contributed by atoms with van der Waals surface area (Å²) in [6, 6.07) is 20.1. The summed E-state index contributed by atoms with van der Waals surface area (Å²) in [5, 5.41) is 3.88. The number of aryl methyl sites for hydroxylation is 1. The molecule has 0 saturated carbocycles. The number of halogens is 2. The zero-order chi connectivity index (χ0) is 29.8. The molecule has 220 valence electrons. The Morgan fingerprint density at radius 3 is 2.17 bits per heavy atom. The minimum Gasteiger partial charge on any atom is -0.490 e. The molecule has 1 N–H and O–H groups in total. The predicted molar refractivity (Wildman–Crippen MR) is 166 cm³/mol. The van der Waals surface area contributed by atoms with Crippen LogP contribution in [0.1, 0.15) is 50.8 Å². The van der Waals surface area contributed by atoms with Crippen molar-refractivity contribution in [2.75, 3.05) is 19.8 Å². The van der Waals surface area contributed by atoms with Crippen LogP contribution < -0.4 is 14.8 Å². The van der Waals surface area contributed by atoms with Crippen LogP contribution in [0.2, 0.25) is 10.0 Å². The number of nitrogens with zero attached hydrogens (tertiary/aromatic N) is 1. The molecule has 0 aliphatic heterocycles. The Labute approximate surface area is 253 Å². The van der Waals surface area contributed by atoms with Gasteiger partial charge in [-0.2, -0.15) is 0 Å². The van der Waals surface area contributed by atoms with Gasteiger partial charge in [0.2, 0.25) is 11.8 Å². The number of rotatable bonds is 15. The molecule has 2 amide bonds. The minimum absolute atomic E-state index is 0.136. The molecule has 0 fully saturated rings. The molecule has 0 saturated heterocycles. The highest BCUT2D eigenvalue weighted by atomic mass is 35.5. The Kier molecular flexibility index (Phi) is 12.8. The molecule has 1 unspecified atom stereocenters. The maximum atomic E-state index is 14.0. The van der Waals surface area contributed by atoms with Gasteiger partial charge in [0.1, 0.15) is 6.04 Å². The summed E-state index contributed by atoms with van der Waals surface area (Å²) in [6.45, 7) is 9.70. The molecule has 0 aliphatic carbocycles. The molecule has 6 nitrogen and oxygen atoms in total. The van der Waals surface area contributed by atoms with Gasteiger partial charge >= 0.3 is 0 Å². The number of carbonyl (C=O) groups excluding carboxylic acids is 2. The number of carbonyl (C=O) groups is 2. The third-order valence-electron chi connectivity index (χ3n) is 6.53. The lowest BCUT2D eigenvalue weighted by molar-refractivity contribution is -0.141. The van der Waals surface area contributed by atoms with E-state index in [0.717, 1.165) is 16.7 Å². The zero-order valence-electron chi connectivity index (χ0n) is 24.3. The van der Waals surface area contributed by atoms with E-state index >= 15 is 0 Å². The summed E-state index contributed by atoms with van der Waals surface area (Å²) in [4.78, 5) is 29.2. The van der Waals surface area contributed by atoms with Crippen LogP contribution in [0.4, 0.5) is 0 Å². The molecule has 8 heteroatoms. The highest BCUT2D eigenvalue weighted by molar-refractivity contribution is 6.42. The molecule has 3 aromatic carbocycles. The van der Waals surface area contributed by atoms with Crippen molar-refractivity contribution in [3.63, 3.8) is 0 Å². The molecule has 0 heterocycles. The molecule has 0 aromatic heterocycles. The molecule has 0 radical (unpaired) electrons. The highest BCUT2D eigenvalue weighted by Gasteiger charge is 2.30. The average molecular weight is 600 g/mol. The lowest BCUT2D eigenvalue weighted by Crippen LogP contribution is -2.51. The van der Waals surface area contributed by atoms with Crippen LogP contribution in [0.25, 0.3) is 0 Å². The van der Waals surface area contributed by atoms with E-state index in [1.54, 1.807) is 17.0 Å². The fourth-order valence-electron chi connectivity index (χ4n) is 4.46. The van der Waals surface area contributed by atoms with E-state index in [0.29, 0.717) is 54.1 Å². The standard InChI is InChI=1S/C33H40Cl2N2O4/c1-5-40-30-16-13-25(20-31(30)41-6-2)14-17-32(38)37(22-26-12-15-27(34)28(35)18-26)29(33(39)36-21-23(3)4)19-24-10-8-7-9-11-24/h7-13,15-16,18,20,23,29H,5-6,14,17,19,21-22H2,1-4H3,(H,36,39). The number of benzene rings is 3. The van der Waals surface area contributed by atoms with Crippen LogP contribution in [-0.2, 0) is 29.0 Å². The predicted octanol–water partition coefficient (Wildman–Crippen LogP) is 7.14. The Balaban J connectivity index is 1.92. The van der Waals surface area contributed by atoms with Gasteiger partial charge in [-0.15, -0.1) is 0 Å². The van der Waals surface area contributed by atoms with Crippen LogP contribution in [0.5, 0.6) is 11.5 Å². The van der Waals surface area contributed by atoms with Crippen molar-refractivity contribution in [3.05, 3.63) is 93.5 Å². The van der Waals surface area contributed by atoms with Gasteiger partial charge in [-0.3, -0.25) is 9.59 Å². The van der Waals surface area contributed by atoms with Gasteiger partial charge < -0.3 is 19.7 Å². The lowest BCUT2D eigenvalue weighted by atomic mass is 10.0. The SMILES string of the molecule is CCOc1ccc(CCC(=O)N(Cc2ccc(Cl)c(Cl)c2)C(Cc2ccccc2)C(=O)NCC(C)C)cc1OCC. The van der Waals surface area contributed by atoms with Crippen LogP contribution in [-0.4, -0.2) is 42.5 Å². The van der Waals surface area contributed by atoms with Crippen molar-refractivity contribution < 1.29 is 19.1 Å². The summed E-state index contributed by atoms with van der Waals surface area (Å²) in [7, 11) is 0. The summed E-state index contributed by atoms with van der Waals surface area (Å²) in [5.41, 5.74) is 2.71. The molecule has 41 heavy (non-hydrogen) atoms. The van der Waals surface area contributed by atoms with Crippen molar-refractivity contribution in [1.29, 1.82) is 0 Å². The maximum absolute atomic E-state index is 14.0. The molecular formula is C33H40Cl2N2O4. The smallest absolute Gasteiger partial charge is 0.243 e. The van der Waals surface area contributed by atoms with E-state index in [1.165, 1.54) is 0 Å². The van der Waals surface area contributed by atoms with Crippen molar-refractivity contribution >= 4 is 35.0 Å². The topological polar surface area (TPSA) is 67.9 Å². The number of hydrogen-bond acceptors (Lipinski definition) is 4. The first kappa shape index (κ1) is 32.3. The summed E-state index contributed by atoms with van der Waals surface area (Å²) in [6.07, 6.45) is 1.08. The number of ether oxygens (including phenoxy) is 2. The number of hydrogen-bond donors (Lipinski definition) is 1. The highest BCUT2D eigenvalue weighted by Crippen LogP contribution is 2.29. The first-order valence-corrected chi connectivity index (χ1v) is 14.9. The summed E-state index contributed by atoms with van der Waals surface area (Å²) < 4.78 is 11.5. The monoisotopic (exact) mass is 598 g/mol. The van der Waals surface area contributed by atoms with E-state index in [4.69, 9.17) is 32.7 Å². The van der Waals surface area contributed by atoms with Gasteiger partial charge in [0.15, 0.2) is 11.5 Å². The summed E-state index contributed by atoms with van der Waals surface area (Å²) >= 11 is 12.5. The zero-order valence-corrected chi connectivity index (χ0v) is 25.8. The Bertz CT molecular complexity index is 1280. The second-order valence-electron chi connectivity index (χ2n) is 10.3. The molecule has 1 atom stereocenters. The fraction of sp³-hybridized carbons (Fsp3) is 0.394. The molecule has 3 aromatic rings. The minimum atomic E-state index is -0.711. The van der Waals surface area contributed by atoms with Crippen LogP contribution >= 0.6 is 23.2 Å².